The maximum Gasteiger partial charge on any atom is 0.223 e. The Morgan fingerprint density at radius 3 is 2.62 bits per heavy atom. The molecule has 2 aliphatic heterocycles. The Morgan fingerprint density at radius 2 is 1.90 bits per heavy atom. The molecule has 0 radical (unpaired) electrons. The molecule has 8 nitrogen and oxygen atoms in total. The summed E-state index contributed by atoms with van der Waals surface area (Å²) in [7, 11) is 0. The van der Waals surface area contributed by atoms with E-state index in [1.54, 1.807) is 0 Å². The van der Waals surface area contributed by atoms with Gasteiger partial charge in [-0.1, -0.05) is 30.3 Å². The quantitative estimate of drug-likeness (QED) is 0.571. The molecule has 5 N–H and O–H groups in total. The normalized spacial score (nSPS) is 25.3. The molecular formula is C21H30N6O2. The van der Waals surface area contributed by atoms with Crippen molar-refractivity contribution in [2.24, 2.45) is 0 Å². The van der Waals surface area contributed by atoms with Crippen molar-refractivity contribution in [1.29, 1.82) is 0 Å². The van der Waals surface area contributed by atoms with Crippen LogP contribution in [0.1, 0.15) is 24.8 Å². The van der Waals surface area contributed by atoms with Gasteiger partial charge in [-0.05, 0) is 37.9 Å². The Labute approximate surface area is 171 Å². The number of hydrogen-bond acceptors (Lipinski definition) is 8. The summed E-state index contributed by atoms with van der Waals surface area (Å²) in [5.41, 5.74) is 6.01. The molecule has 0 aliphatic carbocycles. The number of hydrogen-bond donors (Lipinski definition) is 4. The lowest BCUT2D eigenvalue weighted by Gasteiger charge is -2.49. The number of nitrogens with two attached hydrogens (primary N) is 1. The number of anilines is 3. The summed E-state index contributed by atoms with van der Waals surface area (Å²) < 4.78 is 0. The largest absolute Gasteiger partial charge is 0.395 e. The fourth-order valence-electron chi connectivity index (χ4n) is 4.55. The molecule has 8 heteroatoms. The number of likely N-dealkylation sites (tertiary alicyclic amines) is 1. The molecule has 0 unspecified atom stereocenters. The van der Waals surface area contributed by atoms with Crippen molar-refractivity contribution in [3.05, 3.63) is 42.0 Å². The predicted octanol–water partition coefficient (Wildman–Crippen LogP) is 1.03. The van der Waals surface area contributed by atoms with Gasteiger partial charge in [0, 0.05) is 25.7 Å². The third-order valence-electron chi connectivity index (χ3n) is 6.03. The average Bonchev–Trinajstić information content (AvgIpc) is 3.27. The van der Waals surface area contributed by atoms with Gasteiger partial charge in [0.2, 0.25) is 5.95 Å². The second-order valence-electron chi connectivity index (χ2n) is 7.87. The van der Waals surface area contributed by atoms with E-state index in [-0.39, 0.29) is 18.6 Å². The molecule has 2 aliphatic rings. The molecule has 2 aromatic rings. The zero-order chi connectivity index (χ0) is 20.3. The number of rotatable bonds is 6. The first-order valence-electron chi connectivity index (χ1n) is 10.4. The molecule has 2 atom stereocenters. The maximum absolute atomic E-state index is 11.8. The molecule has 29 heavy (non-hydrogen) atoms. The second kappa shape index (κ2) is 8.52. The van der Waals surface area contributed by atoms with E-state index < -0.39 is 5.60 Å². The molecule has 0 saturated carbocycles. The van der Waals surface area contributed by atoms with Crippen LogP contribution in [0.3, 0.4) is 0 Å². The highest BCUT2D eigenvalue weighted by molar-refractivity contribution is 5.53. The summed E-state index contributed by atoms with van der Waals surface area (Å²) in [6.07, 6.45) is 2.94. The highest BCUT2D eigenvalue weighted by Gasteiger charge is 2.46. The van der Waals surface area contributed by atoms with Gasteiger partial charge in [0.1, 0.15) is 17.2 Å². The van der Waals surface area contributed by atoms with Crippen molar-refractivity contribution in [3.8, 4) is 0 Å². The SMILES string of the molecule is Nc1nc(NCCO)cc(N2CC[C@](O)(c3ccccc3)[C@H](N3CCCC3)C2)n1. The first-order chi connectivity index (χ1) is 14.1. The van der Waals surface area contributed by atoms with Crippen LogP contribution >= 0.6 is 0 Å². The van der Waals surface area contributed by atoms with E-state index in [4.69, 9.17) is 10.8 Å². The summed E-state index contributed by atoms with van der Waals surface area (Å²) in [4.78, 5) is 13.2. The highest BCUT2D eigenvalue weighted by Crippen LogP contribution is 2.38. The van der Waals surface area contributed by atoms with Crippen molar-refractivity contribution in [2.75, 3.05) is 55.3 Å². The molecule has 1 aromatic heterocycles. The van der Waals surface area contributed by atoms with Crippen molar-refractivity contribution in [1.82, 2.24) is 14.9 Å². The Balaban J connectivity index is 1.62. The molecule has 2 fully saturated rings. The van der Waals surface area contributed by atoms with Gasteiger partial charge in [0.15, 0.2) is 0 Å². The lowest BCUT2D eigenvalue weighted by Crippen LogP contribution is -2.60. The van der Waals surface area contributed by atoms with E-state index >= 15 is 0 Å². The zero-order valence-corrected chi connectivity index (χ0v) is 16.7. The number of nitrogens with zero attached hydrogens (tertiary/aromatic N) is 4. The minimum atomic E-state index is -0.890. The minimum Gasteiger partial charge on any atom is -0.395 e. The molecule has 0 spiro atoms. The smallest absolute Gasteiger partial charge is 0.223 e. The third kappa shape index (κ3) is 4.14. The summed E-state index contributed by atoms with van der Waals surface area (Å²) in [6.45, 7) is 3.77. The lowest BCUT2D eigenvalue weighted by atomic mass is 9.79. The van der Waals surface area contributed by atoms with Gasteiger partial charge in [-0.2, -0.15) is 9.97 Å². The number of nitrogen functional groups attached to an aromatic ring is 1. The van der Waals surface area contributed by atoms with E-state index in [0.717, 1.165) is 37.3 Å². The van der Waals surface area contributed by atoms with E-state index in [2.05, 4.69) is 25.1 Å². The molecule has 156 valence electrons. The number of aromatic nitrogens is 2. The van der Waals surface area contributed by atoms with Crippen molar-refractivity contribution in [3.63, 3.8) is 0 Å². The second-order valence-corrected chi connectivity index (χ2v) is 7.87. The molecule has 4 rings (SSSR count). The average molecular weight is 399 g/mol. The van der Waals surface area contributed by atoms with Gasteiger partial charge in [-0.25, -0.2) is 0 Å². The summed E-state index contributed by atoms with van der Waals surface area (Å²) in [6, 6.07) is 11.9. The lowest BCUT2D eigenvalue weighted by molar-refractivity contribution is -0.0603. The highest BCUT2D eigenvalue weighted by atomic mass is 16.3. The Kier molecular flexibility index (Phi) is 5.84. The first kappa shape index (κ1) is 19.9. The number of aliphatic hydroxyl groups is 2. The van der Waals surface area contributed by atoms with Gasteiger partial charge in [0.05, 0.1) is 12.6 Å². The van der Waals surface area contributed by atoms with Crippen LogP contribution in [-0.2, 0) is 5.60 Å². The van der Waals surface area contributed by atoms with Crippen LogP contribution in [0.4, 0.5) is 17.6 Å². The van der Waals surface area contributed by atoms with Gasteiger partial charge in [-0.15, -0.1) is 0 Å². The minimum absolute atomic E-state index is 0.0180. The summed E-state index contributed by atoms with van der Waals surface area (Å²) >= 11 is 0. The molecule has 3 heterocycles. The van der Waals surface area contributed by atoms with E-state index in [9.17, 15) is 5.11 Å². The monoisotopic (exact) mass is 398 g/mol. The molecule has 0 bridgehead atoms. The Morgan fingerprint density at radius 1 is 1.14 bits per heavy atom. The number of piperidine rings is 1. The zero-order valence-electron chi connectivity index (χ0n) is 16.7. The number of aliphatic hydroxyl groups excluding tert-OH is 1. The van der Waals surface area contributed by atoms with Crippen LogP contribution in [0, 0.1) is 0 Å². The van der Waals surface area contributed by atoms with Crippen LogP contribution in [0.2, 0.25) is 0 Å². The standard InChI is InChI=1S/C21H30N6O2/c22-20-24-18(23-9-13-28)14-19(25-20)27-12-8-21(29,16-6-2-1-3-7-16)17(15-27)26-10-4-5-11-26/h1-3,6-7,14,17,28-29H,4-5,8-13,15H2,(H3,22,23,24,25)/t17-,21+/m1/s1. The van der Waals surface area contributed by atoms with Crippen molar-refractivity contribution >= 4 is 17.6 Å². The Bertz CT molecular complexity index is 814. The van der Waals surface area contributed by atoms with E-state index in [1.165, 1.54) is 0 Å². The van der Waals surface area contributed by atoms with Crippen LogP contribution in [0.15, 0.2) is 36.4 Å². The third-order valence-corrected chi connectivity index (χ3v) is 6.03. The van der Waals surface area contributed by atoms with Crippen LogP contribution < -0.4 is 16.0 Å². The molecule has 1 aromatic carbocycles. The first-order valence-corrected chi connectivity index (χ1v) is 10.4. The van der Waals surface area contributed by atoms with Gasteiger partial charge >= 0.3 is 0 Å². The summed E-state index contributed by atoms with van der Waals surface area (Å²) in [5.74, 6) is 1.55. The number of nitrogens with one attached hydrogen (secondary N) is 1. The predicted molar refractivity (Wildman–Crippen MR) is 114 cm³/mol. The molecule has 2 saturated heterocycles. The van der Waals surface area contributed by atoms with E-state index in [0.29, 0.717) is 31.9 Å². The fourth-order valence-corrected chi connectivity index (χ4v) is 4.55. The van der Waals surface area contributed by atoms with Crippen LogP contribution in [-0.4, -0.2) is 70.5 Å². The maximum atomic E-state index is 11.8. The van der Waals surface area contributed by atoms with Gasteiger partial charge < -0.3 is 26.2 Å². The van der Waals surface area contributed by atoms with Gasteiger partial charge in [0.25, 0.3) is 0 Å². The van der Waals surface area contributed by atoms with E-state index in [1.807, 2.05) is 36.4 Å². The molecule has 0 amide bonds. The van der Waals surface area contributed by atoms with Crippen molar-refractivity contribution in [2.45, 2.75) is 30.9 Å². The molecular weight excluding hydrogens is 368 g/mol. The topological polar surface area (TPSA) is 111 Å². The number of benzene rings is 1. The fraction of sp³-hybridized carbons (Fsp3) is 0.524. The van der Waals surface area contributed by atoms with Crippen molar-refractivity contribution < 1.29 is 10.2 Å². The Hall–Kier alpha value is -2.42. The van der Waals surface area contributed by atoms with Gasteiger partial charge in [-0.3, -0.25) is 4.90 Å². The van der Waals surface area contributed by atoms with Crippen LogP contribution in [0.5, 0.6) is 0 Å². The van der Waals surface area contributed by atoms with Crippen LogP contribution in [0.25, 0.3) is 0 Å². The summed E-state index contributed by atoms with van der Waals surface area (Å²) in [5, 5.41) is 23.9.